The summed E-state index contributed by atoms with van der Waals surface area (Å²) < 4.78 is 0. The summed E-state index contributed by atoms with van der Waals surface area (Å²) in [7, 11) is 0. The second kappa shape index (κ2) is 6.00. The van der Waals surface area contributed by atoms with E-state index in [1.165, 1.54) is 0 Å². The van der Waals surface area contributed by atoms with Crippen molar-refractivity contribution in [2.45, 2.75) is 46.1 Å². The molecular formula is C13H23N3O2. The Bertz CT molecular complexity index is 399. The molecule has 0 aromatic carbocycles. The molecule has 1 heterocycles. The Hall–Kier alpha value is -1.36. The van der Waals surface area contributed by atoms with Crippen molar-refractivity contribution < 1.29 is 9.90 Å². The van der Waals surface area contributed by atoms with Gasteiger partial charge in [0, 0.05) is 12.2 Å². The molecule has 2 unspecified atom stereocenters. The van der Waals surface area contributed by atoms with Gasteiger partial charge in [-0.3, -0.25) is 9.89 Å². The SMILES string of the molecule is CCC(C)C(C)(O)CNC(=O)Cc1cc(C)[nH]n1. The van der Waals surface area contributed by atoms with Crippen LogP contribution in [-0.4, -0.2) is 33.4 Å². The van der Waals surface area contributed by atoms with Gasteiger partial charge >= 0.3 is 0 Å². The second-order valence-electron chi connectivity index (χ2n) is 5.16. The van der Waals surface area contributed by atoms with Crippen LogP contribution in [0.1, 0.15) is 38.6 Å². The lowest BCUT2D eigenvalue weighted by molar-refractivity contribution is -0.122. The van der Waals surface area contributed by atoms with Crippen LogP contribution >= 0.6 is 0 Å². The zero-order valence-corrected chi connectivity index (χ0v) is 11.6. The van der Waals surface area contributed by atoms with Gasteiger partial charge in [0.2, 0.25) is 5.91 Å². The number of aromatic nitrogens is 2. The quantitative estimate of drug-likeness (QED) is 0.712. The van der Waals surface area contributed by atoms with Gasteiger partial charge in [-0.2, -0.15) is 5.10 Å². The molecule has 1 rings (SSSR count). The van der Waals surface area contributed by atoms with Crippen LogP contribution in [0.5, 0.6) is 0 Å². The summed E-state index contributed by atoms with van der Waals surface area (Å²) in [5.74, 6) is 0.0236. The van der Waals surface area contributed by atoms with E-state index in [4.69, 9.17) is 0 Å². The van der Waals surface area contributed by atoms with Crippen molar-refractivity contribution in [1.82, 2.24) is 15.5 Å². The highest BCUT2D eigenvalue weighted by molar-refractivity contribution is 5.78. The number of hydrogen-bond acceptors (Lipinski definition) is 3. The van der Waals surface area contributed by atoms with Crippen LogP contribution in [0.25, 0.3) is 0 Å². The van der Waals surface area contributed by atoms with Crippen LogP contribution in [0.2, 0.25) is 0 Å². The highest BCUT2D eigenvalue weighted by atomic mass is 16.3. The van der Waals surface area contributed by atoms with Crippen LogP contribution in [0, 0.1) is 12.8 Å². The monoisotopic (exact) mass is 253 g/mol. The van der Waals surface area contributed by atoms with Gasteiger partial charge in [0.1, 0.15) is 0 Å². The average Bonchev–Trinajstić information content (AvgIpc) is 2.71. The predicted molar refractivity (Wildman–Crippen MR) is 70.1 cm³/mol. The van der Waals surface area contributed by atoms with Gasteiger partial charge in [-0.25, -0.2) is 0 Å². The fraction of sp³-hybridized carbons (Fsp3) is 0.692. The van der Waals surface area contributed by atoms with Gasteiger partial charge < -0.3 is 10.4 Å². The molecule has 5 nitrogen and oxygen atoms in total. The molecule has 0 spiro atoms. The van der Waals surface area contributed by atoms with Gasteiger partial charge in [0.15, 0.2) is 0 Å². The molecule has 2 atom stereocenters. The number of H-pyrrole nitrogens is 1. The molecule has 0 saturated heterocycles. The molecule has 18 heavy (non-hydrogen) atoms. The molecule has 0 aliphatic carbocycles. The lowest BCUT2D eigenvalue weighted by Crippen LogP contribution is -2.45. The molecule has 1 aromatic heterocycles. The predicted octanol–water partition coefficient (Wildman–Crippen LogP) is 1.17. The molecule has 1 aromatic rings. The van der Waals surface area contributed by atoms with E-state index in [1.807, 2.05) is 26.8 Å². The van der Waals surface area contributed by atoms with E-state index < -0.39 is 5.60 Å². The lowest BCUT2D eigenvalue weighted by atomic mass is 9.88. The van der Waals surface area contributed by atoms with Crippen LogP contribution in [-0.2, 0) is 11.2 Å². The van der Waals surface area contributed by atoms with Crippen molar-refractivity contribution in [3.05, 3.63) is 17.5 Å². The molecule has 0 aliphatic rings. The Morgan fingerprint density at radius 1 is 1.67 bits per heavy atom. The van der Waals surface area contributed by atoms with E-state index in [1.54, 1.807) is 6.92 Å². The summed E-state index contributed by atoms with van der Waals surface area (Å²) >= 11 is 0. The number of nitrogens with one attached hydrogen (secondary N) is 2. The number of amides is 1. The third-order valence-electron chi connectivity index (χ3n) is 3.42. The third-order valence-corrected chi connectivity index (χ3v) is 3.42. The number of aliphatic hydroxyl groups is 1. The fourth-order valence-electron chi connectivity index (χ4n) is 1.68. The second-order valence-corrected chi connectivity index (χ2v) is 5.16. The molecule has 0 fully saturated rings. The van der Waals surface area contributed by atoms with Crippen molar-refractivity contribution in [3.8, 4) is 0 Å². The summed E-state index contributed by atoms with van der Waals surface area (Å²) in [5.41, 5.74) is 0.781. The van der Waals surface area contributed by atoms with Crippen molar-refractivity contribution in [3.63, 3.8) is 0 Å². The van der Waals surface area contributed by atoms with Crippen molar-refractivity contribution in [1.29, 1.82) is 0 Å². The zero-order valence-electron chi connectivity index (χ0n) is 11.6. The molecule has 0 saturated carbocycles. The molecule has 5 heteroatoms. The van der Waals surface area contributed by atoms with Crippen molar-refractivity contribution >= 4 is 5.91 Å². The van der Waals surface area contributed by atoms with Gasteiger partial charge in [-0.1, -0.05) is 20.3 Å². The van der Waals surface area contributed by atoms with Crippen molar-refractivity contribution in [2.24, 2.45) is 5.92 Å². The molecule has 0 bridgehead atoms. The van der Waals surface area contributed by atoms with E-state index in [0.717, 1.165) is 12.1 Å². The maximum atomic E-state index is 11.7. The first kappa shape index (κ1) is 14.7. The number of carbonyl (C=O) groups excluding carboxylic acids is 1. The summed E-state index contributed by atoms with van der Waals surface area (Å²) in [6.07, 6.45) is 1.11. The van der Waals surface area contributed by atoms with Crippen LogP contribution in [0.15, 0.2) is 6.07 Å². The van der Waals surface area contributed by atoms with Gasteiger partial charge in [-0.05, 0) is 25.8 Å². The largest absolute Gasteiger partial charge is 0.388 e. The van der Waals surface area contributed by atoms with Crippen LogP contribution < -0.4 is 5.32 Å². The Balaban J connectivity index is 2.42. The van der Waals surface area contributed by atoms with E-state index in [9.17, 15) is 9.90 Å². The van der Waals surface area contributed by atoms with E-state index >= 15 is 0 Å². The molecule has 0 aliphatic heterocycles. The minimum atomic E-state index is -0.869. The highest BCUT2D eigenvalue weighted by Crippen LogP contribution is 2.18. The zero-order chi connectivity index (χ0) is 13.8. The van der Waals surface area contributed by atoms with Gasteiger partial charge in [0.25, 0.3) is 0 Å². The van der Waals surface area contributed by atoms with E-state index in [-0.39, 0.29) is 24.8 Å². The standard InChI is InChI=1S/C13H23N3O2/c1-5-9(2)13(4,18)8-14-12(17)7-11-6-10(3)15-16-11/h6,9,18H,5,7-8H2,1-4H3,(H,14,17)(H,15,16). The first-order chi connectivity index (χ1) is 8.35. The maximum Gasteiger partial charge on any atom is 0.226 e. The fourth-order valence-corrected chi connectivity index (χ4v) is 1.68. The van der Waals surface area contributed by atoms with Gasteiger partial charge in [-0.15, -0.1) is 0 Å². The first-order valence-electron chi connectivity index (χ1n) is 6.35. The Labute approximate surface area is 108 Å². The number of aromatic amines is 1. The molecular weight excluding hydrogens is 230 g/mol. The van der Waals surface area contributed by atoms with E-state index in [0.29, 0.717) is 5.69 Å². The highest BCUT2D eigenvalue weighted by Gasteiger charge is 2.27. The molecule has 1 amide bonds. The lowest BCUT2D eigenvalue weighted by Gasteiger charge is -2.29. The third kappa shape index (κ3) is 4.14. The van der Waals surface area contributed by atoms with Crippen LogP contribution in [0.4, 0.5) is 0 Å². The van der Waals surface area contributed by atoms with Crippen LogP contribution in [0.3, 0.4) is 0 Å². The van der Waals surface area contributed by atoms with E-state index in [2.05, 4.69) is 15.5 Å². The van der Waals surface area contributed by atoms with Gasteiger partial charge in [0.05, 0.1) is 17.7 Å². The first-order valence-corrected chi connectivity index (χ1v) is 6.35. The number of nitrogens with zero attached hydrogens (tertiary/aromatic N) is 1. The number of hydrogen-bond donors (Lipinski definition) is 3. The Morgan fingerprint density at radius 3 is 2.83 bits per heavy atom. The topological polar surface area (TPSA) is 78.0 Å². The summed E-state index contributed by atoms with van der Waals surface area (Å²) in [5, 5.41) is 19.7. The summed E-state index contributed by atoms with van der Waals surface area (Å²) in [6, 6.07) is 1.84. The number of carbonyl (C=O) groups is 1. The summed E-state index contributed by atoms with van der Waals surface area (Å²) in [4.78, 5) is 11.7. The molecule has 0 radical (unpaired) electrons. The normalized spacial score (nSPS) is 16.1. The molecule has 102 valence electrons. The smallest absolute Gasteiger partial charge is 0.226 e. The Morgan fingerprint density at radius 2 is 2.33 bits per heavy atom. The maximum absolute atomic E-state index is 11.7. The van der Waals surface area contributed by atoms with Crippen molar-refractivity contribution in [2.75, 3.05) is 6.54 Å². The minimum Gasteiger partial charge on any atom is -0.388 e. The Kier molecular flexibility index (Phi) is 4.90. The number of aryl methyl sites for hydroxylation is 1. The minimum absolute atomic E-state index is 0.120. The average molecular weight is 253 g/mol. The number of rotatable bonds is 6. The summed E-state index contributed by atoms with van der Waals surface area (Å²) in [6.45, 7) is 7.91. The molecule has 3 N–H and O–H groups in total.